The number of aliphatic carboxylic acids is 2. The van der Waals surface area contributed by atoms with E-state index < -0.39 is 24.4 Å². The third kappa shape index (κ3) is 3.63. The zero-order valence-corrected chi connectivity index (χ0v) is 7.75. The maximum Gasteiger partial charge on any atom is 0.326 e. The molecule has 0 bridgehead atoms. The lowest BCUT2D eigenvalue weighted by molar-refractivity contribution is -0.144. The number of nitrogens with one attached hydrogen (secondary N) is 1. The summed E-state index contributed by atoms with van der Waals surface area (Å²) in [6.07, 6.45) is 2.50. The van der Waals surface area contributed by atoms with Gasteiger partial charge in [-0.1, -0.05) is 0 Å². The Bertz CT molecular complexity index is 352. The highest BCUT2D eigenvalue weighted by molar-refractivity contribution is 5.83. The first-order chi connectivity index (χ1) is 7.09. The minimum absolute atomic E-state index is 0.475. The molecule has 1 aromatic rings. The molecule has 0 aromatic carbocycles. The lowest BCUT2D eigenvalue weighted by atomic mass is 10.2. The Morgan fingerprint density at radius 1 is 1.33 bits per heavy atom. The molecule has 1 rings (SSSR count). The number of anilines is 1. The summed E-state index contributed by atoms with van der Waals surface area (Å²) in [4.78, 5) is 24.8. The van der Waals surface area contributed by atoms with Crippen molar-refractivity contribution in [3.05, 3.63) is 24.5 Å². The van der Waals surface area contributed by atoms with Crippen LogP contribution in [0, 0.1) is 0 Å². The van der Waals surface area contributed by atoms with Crippen molar-refractivity contribution in [3.63, 3.8) is 0 Å². The minimum atomic E-state index is -1.20. The van der Waals surface area contributed by atoms with Crippen molar-refractivity contribution in [3.8, 4) is 0 Å². The van der Waals surface area contributed by atoms with Crippen molar-refractivity contribution in [2.75, 3.05) is 5.32 Å². The van der Waals surface area contributed by atoms with Crippen molar-refractivity contribution in [1.82, 2.24) is 4.98 Å². The zero-order chi connectivity index (χ0) is 11.3. The molecule has 1 heterocycles. The van der Waals surface area contributed by atoms with E-state index in [1.54, 1.807) is 12.1 Å². The van der Waals surface area contributed by atoms with Crippen LogP contribution in [0.2, 0.25) is 0 Å². The highest BCUT2D eigenvalue weighted by atomic mass is 16.4. The monoisotopic (exact) mass is 210 g/mol. The van der Waals surface area contributed by atoms with Crippen LogP contribution in [-0.4, -0.2) is 33.2 Å². The summed E-state index contributed by atoms with van der Waals surface area (Å²) < 4.78 is 0. The molecule has 0 saturated carbocycles. The van der Waals surface area contributed by atoms with Crippen LogP contribution in [0.5, 0.6) is 0 Å². The van der Waals surface area contributed by atoms with Gasteiger partial charge < -0.3 is 15.5 Å². The van der Waals surface area contributed by atoms with E-state index >= 15 is 0 Å². The number of hydrogen-bond acceptors (Lipinski definition) is 4. The second kappa shape index (κ2) is 4.94. The fourth-order valence-corrected chi connectivity index (χ4v) is 1.02. The highest BCUT2D eigenvalue weighted by Gasteiger charge is 2.20. The Morgan fingerprint density at radius 2 is 1.93 bits per heavy atom. The van der Waals surface area contributed by atoms with Gasteiger partial charge >= 0.3 is 11.9 Å². The predicted octanol–water partition coefficient (Wildman–Crippen LogP) is 0.421. The SMILES string of the molecule is O=C(O)CC(Nc1ccncc1)C(=O)O. The van der Waals surface area contributed by atoms with Crippen molar-refractivity contribution in [1.29, 1.82) is 0 Å². The molecule has 0 radical (unpaired) electrons. The molecule has 1 atom stereocenters. The van der Waals surface area contributed by atoms with Crippen LogP contribution in [0.25, 0.3) is 0 Å². The van der Waals surface area contributed by atoms with Crippen molar-refractivity contribution < 1.29 is 19.8 Å². The van der Waals surface area contributed by atoms with Crippen LogP contribution < -0.4 is 5.32 Å². The average molecular weight is 210 g/mol. The van der Waals surface area contributed by atoms with E-state index in [-0.39, 0.29) is 0 Å². The van der Waals surface area contributed by atoms with Gasteiger partial charge in [0.15, 0.2) is 0 Å². The van der Waals surface area contributed by atoms with Gasteiger partial charge in [0, 0.05) is 18.1 Å². The van der Waals surface area contributed by atoms with E-state index in [0.29, 0.717) is 5.69 Å². The van der Waals surface area contributed by atoms with Gasteiger partial charge in [-0.05, 0) is 12.1 Å². The number of rotatable bonds is 5. The lowest BCUT2D eigenvalue weighted by Crippen LogP contribution is -2.31. The molecule has 0 aliphatic heterocycles. The van der Waals surface area contributed by atoms with Crippen LogP contribution in [-0.2, 0) is 9.59 Å². The van der Waals surface area contributed by atoms with Gasteiger partial charge in [-0.15, -0.1) is 0 Å². The second-order valence-corrected chi connectivity index (χ2v) is 2.87. The molecule has 0 saturated heterocycles. The summed E-state index contributed by atoms with van der Waals surface area (Å²) in [7, 11) is 0. The van der Waals surface area contributed by atoms with Crippen molar-refractivity contribution >= 4 is 17.6 Å². The third-order valence-corrected chi connectivity index (χ3v) is 1.70. The Labute approximate surface area is 85.6 Å². The van der Waals surface area contributed by atoms with E-state index in [1.807, 2.05) is 0 Å². The van der Waals surface area contributed by atoms with E-state index in [0.717, 1.165) is 0 Å². The van der Waals surface area contributed by atoms with Crippen LogP contribution in [0.1, 0.15) is 6.42 Å². The molecule has 1 unspecified atom stereocenters. The summed E-state index contributed by atoms with van der Waals surface area (Å²) in [5, 5.41) is 19.8. The molecular weight excluding hydrogens is 200 g/mol. The molecule has 6 heteroatoms. The van der Waals surface area contributed by atoms with Gasteiger partial charge in [-0.25, -0.2) is 4.79 Å². The molecule has 0 spiro atoms. The largest absolute Gasteiger partial charge is 0.481 e. The number of hydrogen-bond donors (Lipinski definition) is 3. The molecule has 80 valence electrons. The quantitative estimate of drug-likeness (QED) is 0.651. The molecule has 1 aromatic heterocycles. The number of aromatic nitrogens is 1. The standard InChI is InChI=1S/C9H10N2O4/c12-8(13)5-7(9(14)15)11-6-1-3-10-4-2-6/h1-4,7H,5H2,(H,10,11)(H,12,13)(H,14,15). The smallest absolute Gasteiger partial charge is 0.326 e. The molecule has 15 heavy (non-hydrogen) atoms. The summed E-state index contributed by atoms with van der Waals surface area (Å²) in [6, 6.07) is 2.00. The van der Waals surface area contributed by atoms with Crippen LogP contribution in [0.15, 0.2) is 24.5 Å². The van der Waals surface area contributed by atoms with E-state index in [9.17, 15) is 9.59 Å². The minimum Gasteiger partial charge on any atom is -0.481 e. The Balaban J connectivity index is 2.67. The fourth-order valence-electron chi connectivity index (χ4n) is 1.02. The van der Waals surface area contributed by atoms with Gasteiger partial charge in [0.2, 0.25) is 0 Å². The first kappa shape index (κ1) is 11.0. The Kier molecular flexibility index (Phi) is 3.61. The highest BCUT2D eigenvalue weighted by Crippen LogP contribution is 2.07. The molecular formula is C9H10N2O4. The number of pyridine rings is 1. The maximum absolute atomic E-state index is 10.7. The molecule has 0 aliphatic carbocycles. The summed E-state index contributed by atoms with van der Waals surface area (Å²) in [6.45, 7) is 0. The normalized spacial score (nSPS) is 11.7. The van der Waals surface area contributed by atoms with Crippen LogP contribution in [0.3, 0.4) is 0 Å². The van der Waals surface area contributed by atoms with Gasteiger partial charge in [-0.2, -0.15) is 0 Å². The first-order valence-electron chi connectivity index (χ1n) is 4.21. The van der Waals surface area contributed by atoms with Crippen molar-refractivity contribution in [2.45, 2.75) is 12.5 Å². The number of nitrogens with zero attached hydrogens (tertiary/aromatic N) is 1. The second-order valence-electron chi connectivity index (χ2n) is 2.87. The molecule has 0 aliphatic rings. The lowest BCUT2D eigenvalue weighted by Gasteiger charge is -2.12. The van der Waals surface area contributed by atoms with Gasteiger partial charge in [0.1, 0.15) is 6.04 Å². The Hall–Kier alpha value is -2.11. The van der Waals surface area contributed by atoms with E-state index in [2.05, 4.69) is 10.3 Å². The predicted molar refractivity (Wildman–Crippen MR) is 51.5 cm³/mol. The number of carboxylic acids is 2. The molecule has 6 nitrogen and oxygen atoms in total. The van der Waals surface area contributed by atoms with Gasteiger partial charge in [0.25, 0.3) is 0 Å². The summed E-state index contributed by atoms with van der Waals surface area (Å²) >= 11 is 0. The fraction of sp³-hybridized carbons (Fsp3) is 0.222. The first-order valence-corrected chi connectivity index (χ1v) is 4.21. The van der Waals surface area contributed by atoms with Gasteiger partial charge in [0.05, 0.1) is 6.42 Å². The van der Waals surface area contributed by atoms with Crippen molar-refractivity contribution in [2.24, 2.45) is 0 Å². The Morgan fingerprint density at radius 3 is 2.40 bits per heavy atom. The average Bonchev–Trinajstić information content (AvgIpc) is 2.17. The van der Waals surface area contributed by atoms with E-state index in [1.165, 1.54) is 12.4 Å². The third-order valence-electron chi connectivity index (χ3n) is 1.70. The summed E-state index contributed by atoms with van der Waals surface area (Å²) in [5.41, 5.74) is 0.527. The molecule has 0 amide bonds. The number of carbonyl (C=O) groups is 2. The van der Waals surface area contributed by atoms with E-state index in [4.69, 9.17) is 10.2 Å². The molecule has 0 fully saturated rings. The molecule has 3 N–H and O–H groups in total. The maximum atomic E-state index is 10.7. The summed E-state index contributed by atoms with van der Waals surface area (Å²) in [5.74, 6) is -2.36. The zero-order valence-electron chi connectivity index (χ0n) is 7.75. The van der Waals surface area contributed by atoms with Crippen LogP contribution in [0.4, 0.5) is 5.69 Å². The number of carboxylic acid groups (broad SMARTS) is 2. The topological polar surface area (TPSA) is 99.5 Å². The van der Waals surface area contributed by atoms with Crippen LogP contribution >= 0.6 is 0 Å². The van der Waals surface area contributed by atoms with Gasteiger partial charge in [-0.3, -0.25) is 9.78 Å².